The summed E-state index contributed by atoms with van der Waals surface area (Å²) in [4.78, 5) is 11.4. The smallest absolute Gasteiger partial charge is 0.416 e. The van der Waals surface area contributed by atoms with E-state index in [9.17, 15) is 18.0 Å². The van der Waals surface area contributed by atoms with E-state index in [1.54, 1.807) is 38.1 Å². The number of carbonyl (C=O) groups is 1. The molecule has 0 bridgehead atoms. The average Bonchev–Trinajstić information content (AvgIpc) is 2.56. The quantitative estimate of drug-likeness (QED) is 0.629. The molecule has 2 aromatic carbocycles. The van der Waals surface area contributed by atoms with Gasteiger partial charge < -0.3 is 14.2 Å². The van der Waals surface area contributed by atoms with Gasteiger partial charge in [-0.15, -0.1) is 0 Å². The molecule has 0 fully saturated rings. The zero-order valence-electron chi connectivity index (χ0n) is 14.4. The molecule has 0 N–H and O–H groups in total. The third kappa shape index (κ3) is 5.98. The Balaban J connectivity index is 1.92. The Labute approximate surface area is 149 Å². The first-order chi connectivity index (χ1) is 12.3. The van der Waals surface area contributed by atoms with Gasteiger partial charge in [-0.2, -0.15) is 13.2 Å². The predicted molar refractivity (Wildman–Crippen MR) is 89.3 cm³/mol. The van der Waals surface area contributed by atoms with E-state index >= 15 is 0 Å². The lowest BCUT2D eigenvalue weighted by atomic mass is 10.2. The van der Waals surface area contributed by atoms with Gasteiger partial charge in [-0.1, -0.05) is 0 Å². The van der Waals surface area contributed by atoms with Gasteiger partial charge in [0.05, 0.1) is 18.6 Å². The van der Waals surface area contributed by atoms with Gasteiger partial charge in [0.1, 0.15) is 23.4 Å². The van der Waals surface area contributed by atoms with Crippen molar-refractivity contribution in [2.24, 2.45) is 0 Å². The van der Waals surface area contributed by atoms with E-state index in [0.717, 1.165) is 12.1 Å². The Hall–Kier alpha value is -2.70. The Morgan fingerprint density at radius 3 is 1.96 bits per heavy atom. The molecule has 0 aliphatic rings. The molecular weight excluding hydrogens is 349 g/mol. The summed E-state index contributed by atoms with van der Waals surface area (Å²) in [5.41, 5.74) is -0.732. The number of carbonyl (C=O) groups excluding carboxylic acids is 1. The lowest BCUT2D eigenvalue weighted by Crippen LogP contribution is -2.18. The molecule has 26 heavy (non-hydrogen) atoms. The summed E-state index contributed by atoms with van der Waals surface area (Å²) in [7, 11) is 0. The van der Waals surface area contributed by atoms with Crippen LogP contribution in [-0.2, 0) is 15.7 Å². The van der Waals surface area contributed by atoms with Crippen LogP contribution in [-0.4, -0.2) is 18.7 Å². The average molecular weight is 368 g/mol. The lowest BCUT2D eigenvalue weighted by molar-refractivity contribution is -0.144. The zero-order valence-corrected chi connectivity index (χ0v) is 14.4. The van der Waals surface area contributed by atoms with Gasteiger partial charge in [0.15, 0.2) is 0 Å². The van der Waals surface area contributed by atoms with E-state index in [4.69, 9.17) is 14.2 Å². The van der Waals surface area contributed by atoms with Crippen molar-refractivity contribution in [1.82, 2.24) is 0 Å². The monoisotopic (exact) mass is 368 g/mol. The first-order valence-electron chi connectivity index (χ1n) is 8.05. The number of halogens is 3. The maximum Gasteiger partial charge on any atom is 0.416 e. The standard InChI is InChI=1S/C19H19F3O4/c1-3-24-18(23)12-13(2)25-15-8-10-17(11-9-15)26-16-6-4-14(5-7-16)19(20,21)22/h4-11,13H,3,12H2,1-2H3. The highest BCUT2D eigenvalue weighted by Gasteiger charge is 2.30. The summed E-state index contributed by atoms with van der Waals surface area (Å²) in [5.74, 6) is 0.960. The molecule has 0 saturated heterocycles. The van der Waals surface area contributed by atoms with E-state index in [0.29, 0.717) is 23.9 Å². The summed E-state index contributed by atoms with van der Waals surface area (Å²) < 4.78 is 53.6. The van der Waals surface area contributed by atoms with Crippen LogP contribution < -0.4 is 9.47 Å². The topological polar surface area (TPSA) is 44.8 Å². The number of benzene rings is 2. The van der Waals surface area contributed by atoms with E-state index < -0.39 is 11.7 Å². The van der Waals surface area contributed by atoms with E-state index in [2.05, 4.69) is 0 Å². The van der Waals surface area contributed by atoms with Gasteiger partial charge in [-0.3, -0.25) is 4.79 Å². The SMILES string of the molecule is CCOC(=O)CC(C)Oc1ccc(Oc2ccc(C(F)(F)F)cc2)cc1. The van der Waals surface area contributed by atoms with Crippen LogP contribution in [0.1, 0.15) is 25.8 Å². The highest BCUT2D eigenvalue weighted by atomic mass is 19.4. The largest absolute Gasteiger partial charge is 0.490 e. The second kappa shape index (κ2) is 8.60. The molecule has 140 valence electrons. The molecule has 1 atom stereocenters. The molecule has 2 aromatic rings. The minimum Gasteiger partial charge on any atom is -0.490 e. The second-order valence-electron chi connectivity index (χ2n) is 5.53. The van der Waals surface area contributed by atoms with Gasteiger partial charge in [-0.25, -0.2) is 0 Å². The molecule has 1 unspecified atom stereocenters. The van der Waals surface area contributed by atoms with Crippen molar-refractivity contribution in [1.29, 1.82) is 0 Å². The molecule has 0 radical (unpaired) electrons. The van der Waals surface area contributed by atoms with Crippen LogP contribution in [0.2, 0.25) is 0 Å². The summed E-state index contributed by atoms with van der Waals surface area (Å²) in [5, 5.41) is 0. The van der Waals surface area contributed by atoms with Crippen LogP contribution in [0.3, 0.4) is 0 Å². The molecule has 7 heteroatoms. The Kier molecular flexibility index (Phi) is 6.49. The van der Waals surface area contributed by atoms with Crippen LogP contribution in [0.5, 0.6) is 17.2 Å². The van der Waals surface area contributed by atoms with Crippen LogP contribution >= 0.6 is 0 Å². The molecular formula is C19H19F3O4. The number of hydrogen-bond donors (Lipinski definition) is 0. The van der Waals surface area contributed by atoms with Crippen molar-refractivity contribution in [3.05, 3.63) is 54.1 Å². The van der Waals surface area contributed by atoms with Gasteiger partial charge in [0.2, 0.25) is 0 Å². The summed E-state index contributed by atoms with van der Waals surface area (Å²) in [6.07, 6.45) is -4.59. The Morgan fingerprint density at radius 1 is 0.962 bits per heavy atom. The molecule has 0 amide bonds. The van der Waals surface area contributed by atoms with Crippen molar-refractivity contribution in [2.45, 2.75) is 32.5 Å². The van der Waals surface area contributed by atoms with Crippen molar-refractivity contribution in [3.8, 4) is 17.2 Å². The number of alkyl halides is 3. The maximum atomic E-state index is 12.5. The summed E-state index contributed by atoms with van der Waals surface area (Å²) in [6, 6.07) is 11.0. The first-order valence-corrected chi connectivity index (χ1v) is 8.05. The molecule has 4 nitrogen and oxygen atoms in total. The molecule has 0 aliphatic carbocycles. The molecule has 0 aliphatic heterocycles. The normalized spacial score (nSPS) is 12.3. The highest BCUT2D eigenvalue weighted by Crippen LogP contribution is 2.31. The molecule has 0 heterocycles. The molecule has 0 aromatic heterocycles. The summed E-state index contributed by atoms with van der Waals surface area (Å²) >= 11 is 0. The second-order valence-corrected chi connectivity index (χ2v) is 5.53. The van der Waals surface area contributed by atoms with E-state index in [1.165, 1.54) is 12.1 Å². The fraction of sp³-hybridized carbons (Fsp3) is 0.316. The number of ether oxygens (including phenoxy) is 3. The van der Waals surface area contributed by atoms with Crippen LogP contribution in [0.15, 0.2) is 48.5 Å². The third-order valence-electron chi connectivity index (χ3n) is 3.34. The van der Waals surface area contributed by atoms with Gasteiger partial charge in [-0.05, 0) is 62.4 Å². The fourth-order valence-corrected chi connectivity index (χ4v) is 2.16. The van der Waals surface area contributed by atoms with E-state index in [1.807, 2.05) is 0 Å². The third-order valence-corrected chi connectivity index (χ3v) is 3.34. The minimum atomic E-state index is -4.38. The van der Waals surface area contributed by atoms with Crippen molar-refractivity contribution < 1.29 is 32.2 Å². The predicted octanol–water partition coefficient (Wildman–Crippen LogP) is 5.22. The van der Waals surface area contributed by atoms with Crippen molar-refractivity contribution in [3.63, 3.8) is 0 Å². The zero-order chi connectivity index (χ0) is 19.2. The highest BCUT2D eigenvalue weighted by molar-refractivity contribution is 5.69. The van der Waals surface area contributed by atoms with Gasteiger partial charge >= 0.3 is 12.1 Å². The number of esters is 1. The number of hydrogen-bond acceptors (Lipinski definition) is 4. The van der Waals surface area contributed by atoms with Gasteiger partial charge in [0.25, 0.3) is 0 Å². The Bertz CT molecular complexity index is 709. The number of rotatable bonds is 7. The maximum absolute atomic E-state index is 12.5. The van der Waals surface area contributed by atoms with Gasteiger partial charge in [0, 0.05) is 0 Å². The Morgan fingerprint density at radius 2 is 1.46 bits per heavy atom. The molecule has 0 spiro atoms. The molecule has 2 rings (SSSR count). The fourth-order valence-electron chi connectivity index (χ4n) is 2.16. The minimum absolute atomic E-state index is 0.137. The summed E-state index contributed by atoms with van der Waals surface area (Å²) in [6.45, 7) is 3.81. The lowest BCUT2D eigenvalue weighted by Gasteiger charge is -2.14. The van der Waals surface area contributed by atoms with Crippen LogP contribution in [0.4, 0.5) is 13.2 Å². The van der Waals surface area contributed by atoms with Crippen molar-refractivity contribution in [2.75, 3.05) is 6.61 Å². The van der Waals surface area contributed by atoms with Crippen molar-refractivity contribution >= 4 is 5.97 Å². The van der Waals surface area contributed by atoms with Crippen LogP contribution in [0, 0.1) is 0 Å². The first kappa shape index (κ1) is 19.6. The van der Waals surface area contributed by atoms with Crippen LogP contribution in [0.25, 0.3) is 0 Å². The molecule has 0 saturated carbocycles. The van der Waals surface area contributed by atoms with E-state index in [-0.39, 0.29) is 18.5 Å².